The van der Waals surface area contributed by atoms with Gasteiger partial charge in [0.05, 0.1) is 13.7 Å². The number of amides is 1. The topological polar surface area (TPSA) is 55.8 Å². The average molecular weight is 295 g/mol. The Labute approximate surface area is 122 Å². The van der Waals surface area contributed by atoms with Crippen molar-refractivity contribution in [3.05, 3.63) is 29.8 Å². The van der Waals surface area contributed by atoms with Gasteiger partial charge in [-0.2, -0.15) is 0 Å². The van der Waals surface area contributed by atoms with E-state index in [2.05, 4.69) is 4.74 Å². The van der Waals surface area contributed by atoms with Crippen LogP contribution < -0.4 is 4.74 Å². The number of methoxy groups -OCH3 is 1. The molecular weight excluding hydrogens is 277 g/mol. The number of ether oxygens (including phenoxy) is 2. The molecule has 1 atom stereocenters. The number of rotatable bonds is 5. The Balaban J connectivity index is 1.91. The van der Waals surface area contributed by atoms with E-state index in [1.54, 1.807) is 31.2 Å². The first-order chi connectivity index (χ1) is 10.1. The average Bonchev–Trinajstić information content (AvgIpc) is 2.45. The zero-order valence-electron chi connectivity index (χ0n) is 12.0. The van der Waals surface area contributed by atoms with Crippen molar-refractivity contribution in [3.63, 3.8) is 0 Å². The SMILES string of the molecule is CCOC(=O)[C@H](F)C1CN(C(=O)c2cccc(OC)c2)C1. The van der Waals surface area contributed by atoms with Crippen molar-refractivity contribution in [1.29, 1.82) is 0 Å². The Kier molecular flexibility index (Phi) is 4.77. The number of carbonyl (C=O) groups excluding carboxylic acids is 2. The molecule has 1 fully saturated rings. The summed E-state index contributed by atoms with van der Waals surface area (Å²) < 4.78 is 23.5. The predicted octanol–water partition coefficient (Wildman–Crippen LogP) is 1.67. The van der Waals surface area contributed by atoms with Gasteiger partial charge in [-0.25, -0.2) is 9.18 Å². The van der Waals surface area contributed by atoms with Gasteiger partial charge in [0.2, 0.25) is 6.17 Å². The van der Waals surface area contributed by atoms with E-state index in [4.69, 9.17) is 4.74 Å². The molecule has 1 aromatic carbocycles. The summed E-state index contributed by atoms with van der Waals surface area (Å²) >= 11 is 0. The summed E-state index contributed by atoms with van der Waals surface area (Å²) in [4.78, 5) is 25.0. The van der Waals surface area contributed by atoms with Crippen LogP contribution in [0.3, 0.4) is 0 Å². The number of nitrogens with zero attached hydrogens (tertiary/aromatic N) is 1. The summed E-state index contributed by atoms with van der Waals surface area (Å²) in [5.41, 5.74) is 0.486. The minimum atomic E-state index is -1.67. The molecule has 114 valence electrons. The van der Waals surface area contributed by atoms with Crippen molar-refractivity contribution in [2.24, 2.45) is 5.92 Å². The third-order valence-electron chi connectivity index (χ3n) is 3.44. The van der Waals surface area contributed by atoms with E-state index in [-0.39, 0.29) is 25.6 Å². The molecule has 6 heteroatoms. The third kappa shape index (κ3) is 3.32. The molecule has 2 rings (SSSR count). The van der Waals surface area contributed by atoms with E-state index in [0.717, 1.165) is 0 Å². The summed E-state index contributed by atoms with van der Waals surface area (Å²) in [5.74, 6) is -0.941. The Morgan fingerprint density at radius 2 is 2.14 bits per heavy atom. The van der Waals surface area contributed by atoms with Crippen LogP contribution in [0.5, 0.6) is 5.75 Å². The molecule has 0 bridgehead atoms. The molecule has 0 saturated carbocycles. The van der Waals surface area contributed by atoms with Gasteiger partial charge in [-0.1, -0.05) is 6.07 Å². The molecule has 1 aliphatic heterocycles. The summed E-state index contributed by atoms with van der Waals surface area (Å²) in [5, 5.41) is 0. The van der Waals surface area contributed by atoms with Crippen LogP contribution in [0.15, 0.2) is 24.3 Å². The van der Waals surface area contributed by atoms with Crippen LogP contribution in [0.2, 0.25) is 0 Å². The van der Waals surface area contributed by atoms with Gasteiger partial charge >= 0.3 is 5.97 Å². The quantitative estimate of drug-likeness (QED) is 0.775. The van der Waals surface area contributed by atoms with Gasteiger partial charge in [-0.15, -0.1) is 0 Å². The fourth-order valence-electron chi connectivity index (χ4n) is 2.22. The molecule has 1 heterocycles. The van der Waals surface area contributed by atoms with Crippen LogP contribution in [0.1, 0.15) is 17.3 Å². The first-order valence-electron chi connectivity index (χ1n) is 6.80. The number of likely N-dealkylation sites (tertiary alicyclic amines) is 1. The zero-order chi connectivity index (χ0) is 15.4. The van der Waals surface area contributed by atoms with E-state index in [9.17, 15) is 14.0 Å². The van der Waals surface area contributed by atoms with Crippen molar-refractivity contribution in [2.45, 2.75) is 13.1 Å². The second-order valence-corrected chi connectivity index (χ2v) is 4.86. The normalized spacial score (nSPS) is 16.0. The van der Waals surface area contributed by atoms with Crippen LogP contribution in [0.4, 0.5) is 4.39 Å². The maximum atomic E-state index is 13.8. The summed E-state index contributed by atoms with van der Waals surface area (Å²) in [6.45, 7) is 2.22. The number of esters is 1. The molecule has 0 radical (unpaired) electrons. The van der Waals surface area contributed by atoms with Crippen LogP contribution in [0.25, 0.3) is 0 Å². The lowest BCUT2D eigenvalue weighted by molar-refractivity contribution is -0.153. The summed E-state index contributed by atoms with van der Waals surface area (Å²) in [6, 6.07) is 6.78. The first kappa shape index (κ1) is 15.3. The summed E-state index contributed by atoms with van der Waals surface area (Å²) in [6.07, 6.45) is -1.67. The smallest absolute Gasteiger partial charge is 0.341 e. The highest BCUT2D eigenvalue weighted by atomic mass is 19.1. The highest BCUT2D eigenvalue weighted by Gasteiger charge is 2.40. The monoisotopic (exact) mass is 295 g/mol. The van der Waals surface area contributed by atoms with E-state index >= 15 is 0 Å². The third-order valence-corrected chi connectivity index (χ3v) is 3.44. The maximum absolute atomic E-state index is 13.8. The van der Waals surface area contributed by atoms with E-state index in [0.29, 0.717) is 11.3 Å². The molecule has 0 unspecified atom stereocenters. The Hall–Kier alpha value is -2.11. The minimum Gasteiger partial charge on any atom is -0.497 e. The van der Waals surface area contributed by atoms with Crippen LogP contribution in [-0.4, -0.2) is 49.8 Å². The van der Waals surface area contributed by atoms with Crippen molar-refractivity contribution in [3.8, 4) is 5.75 Å². The second-order valence-electron chi connectivity index (χ2n) is 4.86. The van der Waals surface area contributed by atoms with Crippen molar-refractivity contribution >= 4 is 11.9 Å². The molecular formula is C15H18FNO4. The lowest BCUT2D eigenvalue weighted by atomic mass is 9.93. The van der Waals surface area contributed by atoms with E-state index in [1.807, 2.05) is 0 Å². The zero-order valence-corrected chi connectivity index (χ0v) is 12.0. The Morgan fingerprint density at radius 1 is 1.43 bits per heavy atom. The van der Waals surface area contributed by atoms with Crippen LogP contribution in [0, 0.1) is 5.92 Å². The van der Waals surface area contributed by atoms with Gasteiger partial charge in [-0.05, 0) is 25.1 Å². The molecule has 1 saturated heterocycles. The van der Waals surface area contributed by atoms with E-state index < -0.39 is 18.1 Å². The predicted molar refractivity (Wildman–Crippen MR) is 73.9 cm³/mol. The fraction of sp³-hybridized carbons (Fsp3) is 0.467. The first-order valence-corrected chi connectivity index (χ1v) is 6.80. The minimum absolute atomic E-state index is 0.151. The number of carbonyl (C=O) groups is 2. The number of hydrogen-bond donors (Lipinski definition) is 0. The van der Waals surface area contributed by atoms with Crippen LogP contribution in [-0.2, 0) is 9.53 Å². The van der Waals surface area contributed by atoms with Gasteiger partial charge < -0.3 is 14.4 Å². The molecule has 1 aromatic rings. The maximum Gasteiger partial charge on any atom is 0.341 e. The Morgan fingerprint density at radius 3 is 2.76 bits per heavy atom. The van der Waals surface area contributed by atoms with E-state index in [1.165, 1.54) is 12.0 Å². The van der Waals surface area contributed by atoms with Gasteiger partial charge in [0, 0.05) is 24.6 Å². The highest BCUT2D eigenvalue weighted by Crippen LogP contribution is 2.25. The molecule has 0 N–H and O–H groups in total. The van der Waals surface area contributed by atoms with Crippen molar-refractivity contribution in [2.75, 3.05) is 26.8 Å². The van der Waals surface area contributed by atoms with Crippen LogP contribution >= 0.6 is 0 Å². The van der Waals surface area contributed by atoms with Crippen molar-refractivity contribution < 1.29 is 23.5 Å². The Bertz CT molecular complexity index is 528. The molecule has 0 spiro atoms. The molecule has 1 amide bonds. The lowest BCUT2D eigenvalue weighted by Crippen LogP contribution is -2.55. The summed E-state index contributed by atoms with van der Waals surface area (Å²) in [7, 11) is 1.52. The van der Waals surface area contributed by atoms with Gasteiger partial charge in [0.25, 0.3) is 5.91 Å². The fourth-order valence-corrected chi connectivity index (χ4v) is 2.22. The standard InChI is InChI=1S/C15H18FNO4/c1-3-21-15(19)13(16)11-8-17(9-11)14(18)10-5-4-6-12(7-10)20-2/h4-7,11,13H,3,8-9H2,1-2H3/t13-/m1/s1. The van der Waals surface area contributed by atoms with Gasteiger partial charge in [0.15, 0.2) is 0 Å². The molecule has 0 aromatic heterocycles. The number of halogens is 1. The second kappa shape index (κ2) is 6.56. The molecule has 1 aliphatic rings. The highest BCUT2D eigenvalue weighted by molar-refractivity contribution is 5.95. The largest absolute Gasteiger partial charge is 0.497 e. The van der Waals surface area contributed by atoms with Gasteiger partial charge in [-0.3, -0.25) is 4.79 Å². The molecule has 21 heavy (non-hydrogen) atoms. The molecule has 5 nitrogen and oxygen atoms in total. The van der Waals surface area contributed by atoms with Crippen molar-refractivity contribution in [1.82, 2.24) is 4.90 Å². The number of benzene rings is 1. The lowest BCUT2D eigenvalue weighted by Gasteiger charge is -2.40. The van der Waals surface area contributed by atoms with Gasteiger partial charge in [0.1, 0.15) is 5.75 Å². The molecule has 0 aliphatic carbocycles. The number of alkyl halides is 1. The number of hydrogen-bond acceptors (Lipinski definition) is 4.